The maximum atomic E-state index is 8.87. The molecule has 0 aliphatic rings. The molecule has 1 rings (SSSR count). The van der Waals surface area contributed by atoms with Crippen molar-refractivity contribution in [1.29, 1.82) is 0 Å². The molecule has 0 fully saturated rings. The molecule has 6 heteroatoms. The second-order valence-corrected chi connectivity index (χ2v) is 2.68. The molecule has 0 saturated heterocycles. The van der Waals surface area contributed by atoms with Crippen molar-refractivity contribution in [2.45, 2.75) is 6.92 Å². The Hall–Kier alpha value is -0.970. The quantitative estimate of drug-likeness (QED) is 0.497. The van der Waals surface area contributed by atoms with Gasteiger partial charge in [-0.15, -0.1) is 0 Å². The third-order valence-electron chi connectivity index (χ3n) is 1.56. The van der Waals surface area contributed by atoms with E-state index in [9.17, 15) is 0 Å². The summed E-state index contributed by atoms with van der Waals surface area (Å²) in [5, 5.41) is 26.1. The van der Waals surface area contributed by atoms with Crippen molar-refractivity contribution in [3.05, 3.63) is 23.8 Å². The third kappa shape index (κ3) is 2.77. The second kappa shape index (κ2) is 4.32. The van der Waals surface area contributed by atoms with Crippen molar-refractivity contribution >= 4 is 20.3 Å². The van der Waals surface area contributed by atoms with Gasteiger partial charge in [0.15, 0.2) is 0 Å². The summed E-state index contributed by atoms with van der Waals surface area (Å²) < 4.78 is 4.69. The molecule has 0 unspecified atom stereocenters. The van der Waals surface area contributed by atoms with Crippen LogP contribution in [0.1, 0.15) is 5.56 Å². The summed E-state index contributed by atoms with van der Waals surface area (Å²) in [5.74, 6) is 0.366. The Morgan fingerprint density at radius 2 is 2.00 bits per heavy atom. The van der Waals surface area contributed by atoms with Crippen LogP contribution in [0.25, 0.3) is 0 Å². The summed E-state index contributed by atoms with van der Waals surface area (Å²) in [6, 6.07) is 4.72. The Balaban J connectivity index is 2.96. The molecule has 1 aromatic rings. The van der Waals surface area contributed by atoms with Gasteiger partial charge in [0.1, 0.15) is 0 Å². The molecule has 0 bridgehead atoms. The van der Waals surface area contributed by atoms with E-state index < -0.39 is 7.12 Å². The molecule has 1 aromatic carbocycles. The summed E-state index contributed by atoms with van der Waals surface area (Å²) >= 11 is 0. The van der Waals surface area contributed by atoms with Crippen molar-refractivity contribution in [3.63, 3.8) is 0 Å². The summed E-state index contributed by atoms with van der Waals surface area (Å²) in [7, 11) is -0.983. The molecule has 0 heterocycles. The normalized spacial score (nSPS) is 9.54. The van der Waals surface area contributed by atoms with Crippen molar-refractivity contribution in [2.75, 3.05) is 0 Å². The lowest BCUT2D eigenvalue weighted by atomic mass is 9.79. The standard InChI is InChI=1S/C7H9B2O4/c1-5-2-6(9(11)12)4-7(3-5)13-8-10/h2-4,10-12H,1H3. The maximum Gasteiger partial charge on any atom is 0.569 e. The van der Waals surface area contributed by atoms with Gasteiger partial charge < -0.3 is 19.7 Å². The topological polar surface area (TPSA) is 69.9 Å². The minimum Gasteiger partial charge on any atom is -0.537 e. The number of aryl methyl sites for hydroxylation is 1. The fraction of sp³-hybridized carbons (Fsp3) is 0.143. The molecular formula is C7H9B2O4. The number of hydrogen-bond donors (Lipinski definition) is 3. The molecule has 0 amide bonds. The lowest BCUT2D eigenvalue weighted by Gasteiger charge is -2.06. The maximum absolute atomic E-state index is 8.87. The van der Waals surface area contributed by atoms with E-state index in [4.69, 9.17) is 15.1 Å². The predicted octanol–water partition coefficient (Wildman–Crippen LogP) is -1.42. The first-order valence-electron chi connectivity index (χ1n) is 3.74. The van der Waals surface area contributed by atoms with E-state index in [1.54, 1.807) is 19.1 Å². The highest BCUT2D eigenvalue weighted by Gasteiger charge is 2.12. The molecule has 0 saturated carbocycles. The van der Waals surface area contributed by atoms with Gasteiger partial charge in [0.25, 0.3) is 0 Å². The first-order valence-corrected chi connectivity index (χ1v) is 3.74. The van der Waals surface area contributed by atoms with Gasteiger partial charge in [0.05, 0.1) is 5.75 Å². The van der Waals surface area contributed by atoms with Gasteiger partial charge in [-0.1, -0.05) is 6.07 Å². The summed E-state index contributed by atoms with van der Waals surface area (Å²) in [4.78, 5) is 0. The molecule has 0 atom stereocenters. The van der Waals surface area contributed by atoms with Gasteiger partial charge >= 0.3 is 14.8 Å². The van der Waals surface area contributed by atoms with Gasteiger partial charge in [-0.3, -0.25) is 0 Å². The van der Waals surface area contributed by atoms with Crippen LogP contribution in [0.15, 0.2) is 18.2 Å². The number of benzene rings is 1. The van der Waals surface area contributed by atoms with Crippen LogP contribution in [0.2, 0.25) is 0 Å². The van der Waals surface area contributed by atoms with Crippen LogP contribution in [-0.2, 0) is 0 Å². The lowest BCUT2D eigenvalue weighted by Crippen LogP contribution is -2.30. The Labute approximate surface area is 77.2 Å². The van der Waals surface area contributed by atoms with Gasteiger partial charge in [0, 0.05) is 0 Å². The van der Waals surface area contributed by atoms with E-state index in [0.717, 1.165) is 5.56 Å². The van der Waals surface area contributed by atoms with Crippen LogP contribution in [-0.4, -0.2) is 29.9 Å². The molecule has 0 aromatic heterocycles. The average Bonchev–Trinajstić information content (AvgIpc) is 2.03. The van der Waals surface area contributed by atoms with Crippen LogP contribution in [0, 0.1) is 6.92 Å². The zero-order valence-electron chi connectivity index (χ0n) is 7.14. The fourth-order valence-corrected chi connectivity index (χ4v) is 1.05. The minimum atomic E-state index is -1.53. The zero-order valence-corrected chi connectivity index (χ0v) is 7.14. The van der Waals surface area contributed by atoms with Crippen molar-refractivity contribution in [3.8, 4) is 5.75 Å². The lowest BCUT2D eigenvalue weighted by molar-refractivity contribution is 0.424. The molecule has 3 N–H and O–H groups in total. The molecule has 4 nitrogen and oxygen atoms in total. The molecule has 67 valence electrons. The molecule has 1 radical (unpaired) electrons. The zero-order chi connectivity index (χ0) is 9.84. The molecule has 0 aliphatic carbocycles. The average molecular weight is 179 g/mol. The Kier molecular flexibility index (Phi) is 3.36. The smallest absolute Gasteiger partial charge is 0.537 e. The highest BCUT2D eigenvalue weighted by atomic mass is 16.5. The van der Waals surface area contributed by atoms with Crippen LogP contribution >= 0.6 is 0 Å². The molecule has 13 heavy (non-hydrogen) atoms. The predicted molar refractivity (Wildman–Crippen MR) is 49.6 cm³/mol. The Morgan fingerprint density at radius 3 is 2.54 bits per heavy atom. The van der Waals surface area contributed by atoms with Crippen molar-refractivity contribution in [2.24, 2.45) is 0 Å². The van der Waals surface area contributed by atoms with E-state index in [0.29, 0.717) is 18.9 Å². The fourth-order valence-electron chi connectivity index (χ4n) is 1.05. The molecular weight excluding hydrogens is 170 g/mol. The van der Waals surface area contributed by atoms with Gasteiger partial charge in [-0.05, 0) is 30.1 Å². The Morgan fingerprint density at radius 1 is 1.31 bits per heavy atom. The summed E-state index contributed by atoms with van der Waals surface area (Å²) in [5.41, 5.74) is 1.15. The highest BCUT2D eigenvalue weighted by molar-refractivity contribution is 6.58. The van der Waals surface area contributed by atoms with Gasteiger partial charge in [0.2, 0.25) is 0 Å². The van der Waals surface area contributed by atoms with Gasteiger partial charge in [-0.2, -0.15) is 0 Å². The first-order chi connectivity index (χ1) is 6.13. The van der Waals surface area contributed by atoms with E-state index in [-0.39, 0.29) is 0 Å². The SMILES string of the molecule is Cc1cc(O[B]O)cc(B(O)O)c1. The first kappa shape index (κ1) is 10.1. The van der Waals surface area contributed by atoms with Gasteiger partial charge in [-0.25, -0.2) is 0 Å². The minimum absolute atomic E-state index is 0.330. The van der Waals surface area contributed by atoms with E-state index in [1.165, 1.54) is 6.07 Å². The van der Waals surface area contributed by atoms with E-state index in [1.807, 2.05) is 0 Å². The molecule has 0 aliphatic heterocycles. The van der Waals surface area contributed by atoms with Crippen molar-refractivity contribution < 1.29 is 19.7 Å². The summed E-state index contributed by atoms with van der Waals surface area (Å²) in [6.07, 6.45) is 0. The van der Waals surface area contributed by atoms with Crippen molar-refractivity contribution in [1.82, 2.24) is 0 Å². The summed E-state index contributed by atoms with van der Waals surface area (Å²) in [6.45, 7) is 1.79. The second-order valence-electron chi connectivity index (χ2n) is 2.68. The molecule has 0 spiro atoms. The van der Waals surface area contributed by atoms with E-state index >= 15 is 0 Å². The Bertz CT molecular complexity index is 290. The number of rotatable bonds is 3. The number of hydrogen-bond acceptors (Lipinski definition) is 4. The van der Waals surface area contributed by atoms with Crippen LogP contribution in [0.5, 0.6) is 5.75 Å². The van der Waals surface area contributed by atoms with Crippen LogP contribution < -0.4 is 10.1 Å². The van der Waals surface area contributed by atoms with Crippen LogP contribution in [0.3, 0.4) is 0 Å². The highest BCUT2D eigenvalue weighted by Crippen LogP contribution is 2.10. The van der Waals surface area contributed by atoms with E-state index in [2.05, 4.69) is 4.65 Å². The largest absolute Gasteiger partial charge is 0.569 e. The van der Waals surface area contributed by atoms with Crippen LogP contribution in [0.4, 0.5) is 0 Å². The third-order valence-corrected chi connectivity index (χ3v) is 1.56. The monoisotopic (exact) mass is 179 g/mol.